The molecule has 1 aromatic carbocycles. The highest BCUT2D eigenvalue weighted by Gasteiger charge is 2.52. The predicted molar refractivity (Wildman–Crippen MR) is 152 cm³/mol. The maximum atomic E-state index is 13.7. The summed E-state index contributed by atoms with van der Waals surface area (Å²) in [4.78, 5) is 31.5. The van der Waals surface area contributed by atoms with Crippen molar-refractivity contribution in [2.24, 2.45) is 17.3 Å². The van der Waals surface area contributed by atoms with E-state index in [0.29, 0.717) is 19.3 Å². The van der Waals surface area contributed by atoms with Crippen LogP contribution in [0.1, 0.15) is 84.2 Å². The Balaban J connectivity index is 1.63. The van der Waals surface area contributed by atoms with Gasteiger partial charge in [0, 0.05) is 23.9 Å². The van der Waals surface area contributed by atoms with E-state index < -0.39 is 23.5 Å². The van der Waals surface area contributed by atoms with Crippen LogP contribution in [0.4, 0.5) is 0 Å². The first kappa shape index (κ1) is 29.4. The molecule has 3 heterocycles. The summed E-state index contributed by atoms with van der Waals surface area (Å²) in [6.07, 6.45) is 5.33. The normalized spacial score (nSPS) is 34.2. The van der Waals surface area contributed by atoms with Crippen molar-refractivity contribution in [1.82, 2.24) is 10.3 Å². The number of nitrogens with one attached hydrogen (secondary N) is 1. The summed E-state index contributed by atoms with van der Waals surface area (Å²) in [5.41, 5.74) is 0.279. The maximum absolute atomic E-state index is 13.7. The number of aliphatic hydroxyl groups excluding tert-OH is 2. The molecule has 2 aromatic rings. The second-order valence-corrected chi connectivity index (χ2v) is 12.4. The number of hydrogen-bond acceptors (Lipinski definition) is 6. The van der Waals surface area contributed by atoms with Crippen molar-refractivity contribution in [2.75, 3.05) is 0 Å². The first-order valence-corrected chi connectivity index (χ1v) is 14.3. The number of epoxide rings is 1. The Morgan fingerprint density at radius 1 is 1.21 bits per heavy atom. The Morgan fingerprint density at radius 3 is 2.72 bits per heavy atom. The molecule has 0 spiro atoms. The van der Waals surface area contributed by atoms with E-state index >= 15 is 0 Å². The van der Waals surface area contributed by atoms with Crippen molar-refractivity contribution in [1.29, 1.82) is 0 Å². The van der Waals surface area contributed by atoms with Crippen molar-refractivity contribution < 1.29 is 24.5 Å². The second-order valence-electron chi connectivity index (χ2n) is 12.4. The quantitative estimate of drug-likeness (QED) is 0.372. The number of ketones is 1. The molecule has 2 aliphatic rings. The minimum absolute atomic E-state index is 0.0151. The number of rotatable bonds is 4. The van der Waals surface area contributed by atoms with Crippen molar-refractivity contribution in [3.63, 3.8) is 0 Å². The van der Waals surface area contributed by atoms with Gasteiger partial charge in [0.05, 0.1) is 47.3 Å². The summed E-state index contributed by atoms with van der Waals surface area (Å²) in [6, 6.07) is 9.57. The van der Waals surface area contributed by atoms with Crippen LogP contribution in [-0.2, 0) is 14.3 Å². The summed E-state index contributed by atoms with van der Waals surface area (Å²) in [7, 11) is 0. The van der Waals surface area contributed by atoms with E-state index in [0.717, 1.165) is 35.7 Å². The van der Waals surface area contributed by atoms with Gasteiger partial charge in [-0.2, -0.15) is 0 Å². The zero-order chi connectivity index (χ0) is 28.4. The van der Waals surface area contributed by atoms with Crippen LogP contribution >= 0.6 is 0 Å². The summed E-state index contributed by atoms with van der Waals surface area (Å²) in [5, 5.41) is 26.5. The number of Topliss-reactive ketones (excluding diaryl/α,β-unsaturated/α-hetero) is 1. The van der Waals surface area contributed by atoms with E-state index in [-0.39, 0.29) is 41.8 Å². The fourth-order valence-electron chi connectivity index (χ4n) is 6.02. The number of pyridine rings is 1. The lowest BCUT2D eigenvalue weighted by Gasteiger charge is -2.36. The maximum Gasteiger partial charge on any atom is 0.223 e. The molecule has 2 saturated heterocycles. The molecule has 0 radical (unpaired) electrons. The first-order chi connectivity index (χ1) is 18.5. The number of allylic oxidation sites excluding steroid dienone is 1. The topological polar surface area (TPSA) is 112 Å². The molecular weight excluding hydrogens is 492 g/mol. The van der Waals surface area contributed by atoms with Crippen LogP contribution in [0.3, 0.4) is 0 Å². The van der Waals surface area contributed by atoms with Gasteiger partial charge in [0.25, 0.3) is 0 Å². The van der Waals surface area contributed by atoms with Gasteiger partial charge in [-0.3, -0.25) is 14.6 Å². The molecule has 39 heavy (non-hydrogen) atoms. The third kappa shape index (κ3) is 6.59. The Hall–Kier alpha value is -2.61. The average Bonchev–Trinajstić information content (AvgIpc) is 3.55. The number of aliphatic hydroxyl groups is 2. The fourth-order valence-corrected chi connectivity index (χ4v) is 6.02. The number of carbonyl (C=O) groups excluding carboxylic acids is 2. The first-order valence-electron chi connectivity index (χ1n) is 14.3. The van der Waals surface area contributed by atoms with Crippen LogP contribution in [0.15, 0.2) is 49.2 Å². The van der Waals surface area contributed by atoms with Gasteiger partial charge in [0.15, 0.2) is 0 Å². The zero-order valence-electron chi connectivity index (χ0n) is 23.7. The number of fused-ring (bicyclic) bond motifs is 2. The molecule has 1 amide bonds. The minimum Gasteiger partial charge on any atom is -0.392 e. The second kappa shape index (κ2) is 11.9. The molecule has 0 saturated carbocycles. The minimum atomic E-state index is -1.21. The third-order valence-electron chi connectivity index (χ3n) is 9.05. The Bertz CT molecular complexity index is 1200. The van der Waals surface area contributed by atoms with Crippen LogP contribution in [-0.4, -0.2) is 50.8 Å². The van der Waals surface area contributed by atoms with E-state index in [1.165, 1.54) is 0 Å². The zero-order valence-corrected chi connectivity index (χ0v) is 23.7. The Labute approximate surface area is 232 Å². The number of hydrogen-bond donors (Lipinski definition) is 3. The standard InChI is InChI=1S/C32H44N2O5/c1-6-7-12-23-29(37)20(2)10-8-15-32(5)27(39-32)18-25(22-14-13-21-11-9-16-33-24(21)17-22)34-28(36)19-26(35)31(3,4)30(23)38/h6,9,11,13-14,16-17,20,23,25-27,29,35,37H,1,7-8,10,12,15,18-19H2,2-5H3,(H,34,36). The van der Waals surface area contributed by atoms with Crippen LogP contribution in [0.25, 0.3) is 10.9 Å². The number of aromatic nitrogens is 1. The largest absolute Gasteiger partial charge is 0.392 e. The number of carbonyl (C=O) groups is 2. The van der Waals surface area contributed by atoms with Gasteiger partial charge in [0.2, 0.25) is 5.91 Å². The van der Waals surface area contributed by atoms with E-state index in [1.807, 2.05) is 37.3 Å². The highest BCUT2D eigenvalue weighted by Crippen LogP contribution is 2.46. The van der Waals surface area contributed by atoms with Gasteiger partial charge in [-0.15, -0.1) is 6.58 Å². The lowest BCUT2D eigenvalue weighted by molar-refractivity contribution is -0.144. The van der Waals surface area contributed by atoms with Crippen LogP contribution < -0.4 is 5.32 Å². The van der Waals surface area contributed by atoms with Gasteiger partial charge in [0.1, 0.15) is 5.78 Å². The molecule has 2 fully saturated rings. The molecule has 7 heteroatoms. The van der Waals surface area contributed by atoms with Crippen molar-refractivity contribution >= 4 is 22.6 Å². The van der Waals surface area contributed by atoms with Crippen molar-refractivity contribution in [3.05, 3.63) is 54.7 Å². The van der Waals surface area contributed by atoms with Crippen LogP contribution in [0, 0.1) is 17.3 Å². The SMILES string of the molecule is C=CCCC1C(=O)C(C)(C)C(O)CC(=O)NC(c2ccc3cccnc3c2)CC2OC2(C)CCCC(C)C1O. The lowest BCUT2D eigenvalue weighted by atomic mass is 9.71. The molecule has 212 valence electrons. The van der Waals surface area contributed by atoms with Gasteiger partial charge in [-0.1, -0.05) is 51.5 Å². The molecule has 7 nitrogen and oxygen atoms in total. The highest BCUT2D eigenvalue weighted by molar-refractivity contribution is 5.88. The van der Waals surface area contributed by atoms with Gasteiger partial charge in [-0.05, 0) is 56.2 Å². The number of benzene rings is 1. The summed E-state index contributed by atoms with van der Waals surface area (Å²) >= 11 is 0. The van der Waals surface area contributed by atoms with E-state index in [4.69, 9.17) is 4.74 Å². The van der Waals surface area contributed by atoms with Crippen LogP contribution in [0.5, 0.6) is 0 Å². The summed E-state index contributed by atoms with van der Waals surface area (Å²) < 4.78 is 6.17. The highest BCUT2D eigenvalue weighted by atomic mass is 16.6. The fraction of sp³-hybridized carbons (Fsp3) is 0.594. The molecule has 0 bridgehead atoms. The number of nitrogens with zero attached hydrogens (tertiary/aromatic N) is 1. The molecule has 2 aliphatic heterocycles. The lowest BCUT2D eigenvalue weighted by Crippen LogP contribution is -2.47. The number of amides is 1. The molecule has 3 N–H and O–H groups in total. The third-order valence-corrected chi connectivity index (χ3v) is 9.05. The smallest absolute Gasteiger partial charge is 0.223 e. The van der Waals surface area contributed by atoms with Gasteiger partial charge >= 0.3 is 0 Å². The summed E-state index contributed by atoms with van der Waals surface area (Å²) in [6.45, 7) is 11.2. The summed E-state index contributed by atoms with van der Waals surface area (Å²) in [5.74, 6) is -1.28. The molecule has 1 aromatic heterocycles. The Kier molecular flexibility index (Phi) is 8.94. The molecule has 0 aliphatic carbocycles. The van der Waals surface area contributed by atoms with Gasteiger partial charge in [-0.25, -0.2) is 0 Å². The molecular formula is C32H44N2O5. The van der Waals surface area contributed by atoms with Gasteiger partial charge < -0.3 is 20.3 Å². The molecule has 4 rings (SSSR count). The molecule has 7 atom stereocenters. The van der Waals surface area contributed by atoms with Crippen molar-refractivity contribution in [2.45, 2.75) is 103 Å². The number of ether oxygens (including phenoxy) is 1. The Morgan fingerprint density at radius 2 is 1.97 bits per heavy atom. The van der Waals surface area contributed by atoms with E-state index in [9.17, 15) is 19.8 Å². The van der Waals surface area contributed by atoms with E-state index in [2.05, 4.69) is 23.8 Å². The van der Waals surface area contributed by atoms with E-state index in [1.54, 1.807) is 26.1 Å². The predicted octanol–water partition coefficient (Wildman–Crippen LogP) is 5.05. The van der Waals surface area contributed by atoms with Crippen LogP contribution in [0.2, 0.25) is 0 Å². The van der Waals surface area contributed by atoms with Crippen molar-refractivity contribution in [3.8, 4) is 0 Å². The average molecular weight is 537 g/mol. The molecule has 7 unspecified atom stereocenters. The monoisotopic (exact) mass is 536 g/mol.